The van der Waals surface area contributed by atoms with Gasteiger partial charge in [-0.3, -0.25) is 4.79 Å². The van der Waals surface area contributed by atoms with Gasteiger partial charge in [-0.05, 0) is 31.5 Å². The van der Waals surface area contributed by atoms with E-state index < -0.39 is 6.61 Å². The van der Waals surface area contributed by atoms with Gasteiger partial charge in [0.15, 0.2) is 5.13 Å². The molecule has 1 N–H and O–H groups in total. The summed E-state index contributed by atoms with van der Waals surface area (Å²) < 4.78 is 31.2. The van der Waals surface area contributed by atoms with Crippen LogP contribution in [0.25, 0.3) is 5.13 Å². The van der Waals surface area contributed by atoms with Crippen molar-refractivity contribution in [2.75, 3.05) is 0 Å². The molecule has 0 aliphatic carbocycles. The highest BCUT2D eigenvalue weighted by Crippen LogP contribution is 2.19. The van der Waals surface area contributed by atoms with E-state index in [4.69, 9.17) is 9.90 Å². The van der Waals surface area contributed by atoms with E-state index in [1.165, 1.54) is 39.0 Å². The maximum atomic E-state index is 12.4. The van der Waals surface area contributed by atoms with Crippen LogP contribution in [0.15, 0.2) is 35.4 Å². The molecule has 8 nitrogen and oxygen atoms in total. The monoisotopic (exact) mass is 398 g/mol. The van der Waals surface area contributed by atoms with E-state index >= 15 is 0 Å². The van der Waals surface area contributed by atoms with Crippen LogP contribution in [0.2, 0.25) is 0 Å². The quantitative estimate of drug-likeness (QED) is 0.663. The summed E-state index contributed by atoms with van der Waals surface area (Å²) in [5, 5.41) is 11.5. The van der Waals surface area contributed by atoms with Crippen LogP contribution in [0.1, 0.15) is 16.1 Å². The van der Waals surface area contributed by atoms with Crippen molar-refractivity contribution in [3.8, 4) is 10.9 Å². The van der Waals surface area contributed by atoms with Gasteiger partial charge in [-0.1, -0.05) is 12.1 Å². The molecule has 3 aromatic rings. The predicted molar refractivity (Wildman–Crippen MR) is 93.8 cm³/mol. The minimum atomic E-state index is -2.86. The smallest absolute Gasteiger partial charge is 0.387 e. The van der Waals surface area contributed by atoms with Crippen LogP contribution in [0.3, 0.4) is 0 Å². The third kappa shape index (κ3) is 5.20. The zero-order valence-corrected chi connectivity index (χ0v) is 15.2. The molecule has 11 heteroatoms. The lowest BCUT2D eigenvalue weighted by Crippen LogP contribution is -2.24. The van der Waals surface area contributed by atoms with Crippen molar-refractivity contribution < 1.29 is 23.4 Å². The SMILES string of the molecule is Cc1nc(-n2cnn(Cc3ccc(OC(F)F)cc3)c2=O)sc1C.O=CO. The van der Waals surface area contributed by atoms with E-state index in [1.54, 1.807) is 12.1 Å². The van der Waals surface area contributed by atoms with Crippen molar-refractivity contribution in [2.45, 2.75) is 27.0 Å². The van der Waals surface area contributed by atoms with Crippen molar-refractivity contribution in [3.63, 3.8) is 0 Å². The Morgan fingerprint density at radius 1 is 1.30 bits per heavy atom. The highest BCUT2D eigenvalue weighted by Gasteiger charge is 2.12. The molecule has 0 aliphatic rings. The van der Waals surface area contributed by atoms with Gasteiger partial charge in [-0.15, -0.1) is 11.3 Å². The zero-order chi connectivity index (χ0) is 20.0. The van der Waals surface area contributed by atoms with E-state index in [0.717, 1.165) is 16.1 Å². The molecule has 2 aromatic heterocycles. The Morgan fingerprint density at radius 2 is 1.93 bits per heavy atom. The lowest BCUT2D eigenvalue weighted by molar-refractivity contribution is -0.122. The number of aromatic nitrogens is 4. The minimum absolute atomic E-state index is 0.0698. The van der Waals surface area contributed by atoms with Gasteiger partial charge in [0.1, 0.15) is 12.1 Å². The molecule has 0 saturated heterocycles. The standard InChI is InChI=1S/C15H14F2N4O2S.CH2O2/c1-9-10(2)24-14(19-9)20-8-18-21(15(20)22)7-11-3-5-12(6-4-11)23-13(16)17;2-1-3/h3-6,8,13H,7H2,1-2H3;1H,(H,2,3). The fourth-order valence-corrected chi connectivity index (χ4v) is 2.96. The molecule has 0 bridgehead atoms. The average molecular weight is 398 g/mol. The number of hydrogen-bond donors (Lipinski definition) is 1. The molecule has 2 heterocycles. The fraction of sp³-hybridized carbons (Fsp3) is 0.250. The van der Waals surface area contributed by atoms with Gasteiger partial charge in [0, 0.05) is 4.88 Å². The number of hydrogen-bond acceptors (Lipinski definition) is 6. The number of carboxylic acid groups (broad SMARTS) is 1. The molecule has 0 fully saturated rings. The second-order valence-electron chi connectivity index (χ2n) is 5.21. The molecule has 27 heavy (non-hydrogen) atoms. The lowest BCUT2D eigenvalue weighted by atomic mass is 10.2. The van der Waals surface area contributed by atoms with Crippen LogP contribution < -0.4 is 10.4 Å². The van der Waals surface area contributed by atoms with Crippen molar-refractivity contribution in [3.05, 3.63) is 57.2 Å². The molecule has 0 radical (unpaired) electrons. The highest BCUT2D eigenvalue weighted by atomic mass is 32.1. The first-order valence-corrected chi connectivity index (χ1v) is 8.37. The van der Waals surface area contributed by atoms with Gasteiger partial charge in [0.2, 0.25) is 0 Å². The lowest BCUT2D eigenvalue weighted by Gasteiger charge is -2.05. The van der Waals surface area contributed by atoms with Crippen molar-refractivity contribution >= 4 is 17.8 Å². The first-order chi connectivity index (χ1) is 12.8. The number of nitrogens with zero attached hydrogens (tertiary/aromatic N) is 4. The Morgan fingerprint density at radius 3 is 2.44 bits per heavy atom. The first-order valence-electron chi connectivity index (χ1n) is 7.56. The topological polar surface area (TPSA) is 99.2 Å². The second-order valence-corrected chi connectivity index (χ2v) is 6.39. The van der Waals surface area contributed by atoms with Gasteiger partial charge in [-0.2, -0.15) is 13.9 Å². The van der Waals surface area contributed by atoms with Crippen molar-refractivity contribution in [1.82, 2.24) is 19.3 Å². The average Bonchev–Trinajstić information content (AvgIpc) is 3.13. The molecule has 1 aromatic carbocycles. The summed E-state index contributed by atoms with van der Waals surface area (Å²) in [5.41, 5.74) is 1.32. The van der Waals surface area contributed by atoms with E-state index in [0.29, 0.717) is 5.13 Å². The molecule has 0 saturated carbocycles. The van der Waals surface area contributed by atoms with Crippen LogP contribution in [-0.2, 0) is 11.3 Å². The summed E-state index contributed by atoms with van der Waals surface area (Å²) in [6.45, 7) is 0.937. The minimum Gasteiger partial charge on any atom is -0.483 e. The second kappa shape index (κ2) is 9.03. The maximum absolute atomic E-state index is 12.4. The number of rotatable bonds is 5. The van der Waals surface area contributed by atoms with Crippen LogP contribution >= 0.6 is 11.3 Å². The Balaban J connectivity index is 0.000000817. The van der Waals surface area contributed by atoms with Crippen molar-refractivity contribution in [1.29, 1.82) is 0 Å². The molecule has 0 spiro atoms. The highest BCUT2D eigenvalue weighted by molar-refractivity contribution is 7.14. The molecule has 0 aliphatic heterocycles. The van der Waals surface area contributed by atoms with E-state index in [-0.39, 0.29) is 24.5 Å². The number of halogens is 2. The van der Waals surface area contributed by atoms with Gasteiger partial charge >= 0.3 is 12.3 Å². The fourth-order valence-electron chi connectivity index (χ4n) is 2.08. The number of alkyl halides is 2. The Labute approximate surface area is 156 Å². The van der Waals surface area contributed by atoms with Gasteiger partial charge in [-0.25, -0.2) is 19.0 Å². The number of ether oxygens (including phenoxy) is 1. The summed E-state index contributed by atoms with van der Waals surface area (Å²) >= 11 is 1.42. The van der Waals surface area contributed by atoms with Gasteiger partial charge in [0.05, 0.1) is 12.2 Å². The van der Waals surface area contributed by atoms with Crippen molar-refractivity contribution in [2.24, 2.45) is 0 Å². The number of benzene rings is 1. The van der Waals surface area contributed by atoms with E-state index in [1.807, 2.05) is 13.8 Å². The number of carbonyl (C=O) groups is 1. The van der Waals surface area contributed by atoms with Crippen LogP contribution in [-0.4, -0.2) is 37.5 Å². The molecular formula is C16H16F2N4O4S. The molecule has 0 amide bonds. The predicted octanol–water partition coefficient (Wildman–Crippen LogP) is 2.46. The van der Waals surface area contributed by atoms with Crippen LogP contribution in [0.4, 0.5) is 8.78 Å². The molecule has 3 rings (SSSR count). The van der Waals surface area contributed by atoms with Gasteiger partial charge < -0.3 is 9.84 Å². The third-order valence-electron chi connectivity index (χ3n) is 3.44. The normalized spacial score (nSPS) is 10.4. The maximum Gasteiger partial charge on any atom is 0.387 e. The summed E-state index contributed by atoms with van der Waals surface area (Å²) in [6, 6.07) is 6.08. The van der Waals surface area contributed by atoms with Crippen LogP contribution in [0.5, 0.6) is 5.75 Å². The van der Waals surface area contributed by atoms with E-state index in [2.05, 4.69) is 14.8 Å². The largest absolute Gasteiger partial charge is 0.483 e. The molecular weight excluding hydrogens is 382 g/mol. The van der Waals surface area contributed by atoms with Crippen LogP contribution in [0, 0.1) is 13.8 Å². The summed E-state index contributed by atoms with van der Waals surface area (Å²) in [7, 11) is 0. The van der Waals surface area contributed by atoms with Gasteiger partial charge in [0.25, 0.3) is 6.47 Å². The summed E-state index contributed by atoms with van der Waals surface area (Å²) in [5.74, 6) is 0.0698. The molecule has 144 valence electrons. The first kappa shape index (κ1) is 20.2. The van der Waals surface area contributed by atoms with E-state index in [9.17, 15) is 13.6 Å². The summed E-state index contributed by atoms with van der Waals surface area (Å²) in [4.78, 5) is 26.2. The molecule has 0 atom stereocenters. The Hall–Kier alpha value is -3.08. The zero-order valence-electron chi connectivity index (χ0n) is 14.4. The third-order valence-corrected chi connectivity index (χ3v) is 4.51. The number of thiazole rings is 1. The molecule has 0 unspecified atom stereocenters. The Kier molecular flexibility index (Phi) is 6.77. The summed E-state index contributed by atoms with van der Waals surface area (Å²) in [6.07, 6.45) is 1.42. The number of aryl methyl sites for hydroxylation is 2. The Bertz CT molecular complexity index is 931.